The molecule has 0 aliphatic rings. The third-order valence-corrected chi connectivity index (χ3v) is 4.21. The molecule has 27 heavy (non-hydrogen) atoms. The summed E-state index contributed by atoms with van der Waals surface area (Å²) in [7, 11) is 0. The molecule has 0 bridgehead atoms. The summed E-state index contributed by atoms with van der Waals surface area (Å²) in [5.74, 6) is 0.849. The predicted molar refractivity (Wildman–Crippen MR) is 116 cm³/mol. The van der Waals surface area contributed by atoms with E-state index in [1.165, 1.54) is 0 Å². The monoisotopic (exact) mass is 408 g/mol. The molecule has 0 radical (unpaired) electrons. The first-order chi connectivity index (χ1) is 12.2. The number of carbonyl (C=O) groups is 1. The Labute approximate surface area is 172 Å². The van der Waals surface area contributed by atoms with E-state index in [0.717, 1.165) is 46.8 Å². The van der Waals surface area contributed by atoms with Crippen LogP contribution < -0.4 is 10.6 Å². The van der Waals surface area contributed by atoms with Gasteiger partial charge in [0.25, 0.3) is 0 Å². The number of hydrogen-bond donors (Lipinski definition) is 3. The van der Waals surface area contributed by atoms with E-state index < -0.39 is 0 Å². The van der Waals surface area contributed by atoms with Gasteiger partial charge in [0.15, 0.2) is 0 Å². The van der Waals surface area contributed by atoms with Gasteiger partial charge in [0.05, 0.1) is 11.0 Å². The van der Waals surface area contributed by atoms with E-state index in [1.807, 2.05) is 49.4 Å². The molecule has 1 heterocycles. The van der Waals surface area contributed by atoms with Crippen molar-refractivity contribution in [1.82, 2.24) is 15.3 Å². The Morgan fingerprint density at radius 2 is 1.89 bits per heavy atom. The second-order valence-electron chi connectivity index (χ2n) is 6.14. The minimum Gasteiger partial charge on any atom is -0.342 e. The first-order valence-corrected chi connectivity index (χ1v) is 8.70. The number of nitrogens with one attached hydrogen (secondary N) is 3. The summed E-state index contributed by atoms with van der Waals surface area (Å²) < 4.78 is 0. The van der Waals surface area contributed by atoms with E-state index in [0.29, 0.717) is 12.8 Å². The van der Waals surface area contributed by atoms with Crippen molar-refractivity contribution >= 4 is 47.4 Å². The highest BCUT2D eigenvalue weighted by atomic mass is 35.5. The van der Waals surface area contributed by atoms with E-state index in [1.54, 1.807) is 0 Å². The minimum absolute atomic E-state index is 0. The number of rotatable bonds is 7. The second-order valence-corrected chi connectivity index (χ2v) is 6.14. The number of imidazole rings is 1. The average molecular weight is 409 g/mol. The fourth-order valence-electron chi connectivity index (χ4n) is 2.85. The van der Waals surface area contributed by atoms with E-state index >= 15 is 0 Å². The predicted octanol–water partition coefficient (Wildman–Crippen LogP) is 4.40. The van der Waals surface area contributed by atoms with Crippen LogP contribution in [0.3, 0.4) is 0 Å². The second kappa shape index (κ2) is 10.9. The summed E-state index contributed by atoms with van der Waals surface area (Å²) in [6.45, 7) is 5.75. The van der Waals surface area contributed by atoms with Crippen molar-refractivity contribution in [2.24, 2.45) is 0 Å². The van der Waals surface area contributed by atoms with Crippen LogP contribution in [0.4, 0.5) is 5.69 Å². The van der Waals surface area contributed by atoms with E-state index in [9.17, 15) is 4.79 Å². The molecule has 0 atom stereocenters. The third-order valence-electron chi connectivity index (χ3n) is 4.21. The van der Waals surface area contributed by atoms with Gasteiger partial charge in [0.2, 0.25) is 5.91 Å². The average Bonchev–Trinajstić information content (AvgIpc) is 3.04. The van der Waals surface area contributed by atoms with Crippen molar-refractivity contribution in [1.29, 1.82) is 0 Å². The molecular formula is C20H26Cl2N4O. The summed E-state index contributed by atoms with van der Waals surface area (Å²) in [5, 5.41) is 6.30. The summed E-state index contributed by atoms with van der Waals surface area (Å²) in [5.41, 5.74) is 5.10. The molecule has 2 aromatic carbocycles. The van der Waals surface area contributed by atoms with Gasteiger partial charge in [0.1, 0.15) is 5.82 Å². The van der Waals surface area contributed by atoms with Gasteiger partial charge >= 0.3 is 0 Å². The van der Waals surface area contributed by atoms with Gasteiger partial charge in [-0.25, -0.2) is 4.98 Å². The number of halogens is 2. The number of anilines is 1. The molecule has 7 heteroatoms. The lowest BCUT2D eigenvalue weighted by Gasteiger charge is -2.11. The standard InChI is InChI=1S/C20H24N4O.2ClH/c1-3-21-13-15-8-4-5-9-16(15)23-19(25)12-11-18-22-17-10-6-7-14(2)20(17)24-18;;/h4-10,21H,3,11-13H2,1-2H3,(H,22,24)(H,23,25);2*1H. The minimum atomic E-state index is 0. The highest BCUT2D eigenvalue weighted by Crippen LogP contribution is 2.17. The van der Waals surface area contributed by atoms with E-state index in [2.05, 4.69) is 27.5 Å². The zero-order valence-corrected chi connectivity index (χ0v) is 17.2. The number of carbonyl (C=O) groups excluding carboxylic acids is 1. The molecule has 0 aliphatic heterocycles. The van der Waals surface area contributed by atoms with Crippen LogP contribution >= 0.6 is 24.8 Å². The number of fused-ring (bicyclic) bond motifs is 1. The van der Waals surface area contributed by atoms with Gasteiger partial charge in [-0.3, -0.25) is 4.79 Å². The van der Waals surface area contributed by atoms with Gasteiger partial charge in [-0.15, -0.1) is 24.8 Å². The molecule has 0 saturated carbocycles. The molecule has 0 spiro atoms. The molecule has 1 aromatic heterocycles. The van der Waals surface area contributed by atoms with Crippen LogP contribution in [0.5, 0.6) is 0 Å². The molecular weight excluding hydrogens is 383 g/mol. The number of aromatic nitrogens is 2. The Kier molecular flexibility index (Phi) is 9.29. The van der Waals surface area contributed by atoms with E-state index in [-0.39, 0.29) is 30.7 Å². The smallest absolute Gasteiger partial charge is 0.224 e. The van der Waals surface area contributed by atoms with Crippen molar-refractivity contribution in [3.8, 4) is 0 Å². The topological polar surface area (TPSA) is 69.8 Å². The van der Waals surface area contributed by atoms with E-state index in [4.69, 9.17) is 0 Å². The molecule has 3 aromatic rings. The number of aryl methyl sites for hydroxylation is 2. The van der Waals surface area contributed by atoms with Gasteiger partial charge in [-0.2, -0.15) is 0 Å². The lowest BCUT2D eigenvalue weighted by molar-refractivity contribution is -0.116. The van der Waals surface area contributed by atoms with Crippen molar-refractivity contribution in [2.45, 2.75) is 33.2 Å². The molecule has 0 aliphatic carbocycles. The van der Waals surface area contributed by atoms with Crippen LogP contribution in [0.25, 0.3) is 11.0 Å². The van der Waals surface area contributed by atoms with Gasteiger partial charge < -0.3 is 15.6 Å². The van der Waals surface area contributed by atoms with Gasteiger partial charge in [-0.05, 0) is 36.7 Å². The number of nitrogens with zero attached hydrogens (tertiary/aromatic N) is 1. The molecule has 1 amide bonds. The molecule has 0 unspecified atom stereocenters. The maximum absolute atomic E-state index is 12.3. The van der Waals surface area contributed by atoms with Crippen LogP contribution in [-0.4, -0.2) is 22.4 Å². The lowest BCUT2D eigenvalue weighted by Crippen LogP contribution is -2.17. The number of amides is 1. The normalized spacial score (nSPS) is 10.1. The molecule has 3 N–H and O–H groups in total. The molecule has 5 nitrogen and oxygen atoms in total. The number of para-hydroxylation sites is 2. The number of hydrogen-bond acceptors (Lipinski definition) is 3. The van der Waals surface area contributed by atoms with Crippen LogP contribution in [0.15, 0.2) is 42.5 Å². The first kappa shape index (κ1) is 23.0. The fourth-order valence-corrected chi connectivity index (χ4v) is 2.85. The maximum Gasteiger partial charge on any atom is 0.224 e. The Morgan fingerprint density at radius 1 is 1.11 bits per heavy atom. The van der Waals surface area contributed by atoms with Crippen molar-refractivity contribution in [2.75, 3.05) is 11.9 Å². The SMILES string of the molecule is CCNCc1ccccc1NC(=O)CCc1nc2c(C)cccc2[nH]1.Cl.Cl. The first-order valence-electron chi connectivity index (χ1n) is 8.70. The Hall–Kier alpha value is -2.08. The van der Waals surface area contributed by atoms with Crippen molar-refractivity contribution in [3.05, 3.63) is 59.4 Å². The highest BCUT2D eigenvalue weighted by molar-refractivity contribution is 5.91. The molecule has 3 rings (SSSR count). The summed E-state index contributed by atoms with van der Waals surface area (Å²) >= 11 is 0. The quantitative estimate of drug-likeness (QED) is 0.542. The Bertz CT molecular complexity index is 879. The highest BCUT2D eigenvalue weighted by Gasteiger charge is 2.09. The van der Waals surface area contributed by atoms with Crippen molar-refractivity contribution in [3.63, 3.8) is 0 Å². The molecule has 0 fully saturated rings. The summed E-state index contributed by atoms with van der Waals surface area (Å²) in [4.78, 5) is 20.2. The zero-order valence-electron chi connectivity index (χ0n) is 15.5. The third kappa shape index (κ3) is 5.96. The zero-order chi connectivity index (χ0) is 17.6. The lowest BCUT2D eigenvalue weighted by atomic mass is 10.1. The number of aromatic amines is 1. The number of benzene rings is 2. The van der Waals surface area contributed by atoms with Crippen LogP contribution in [0, 0.1) is 6.92 Å². The van der Waals surface area contributed by atoms with Gasteiger partial charge in [0, 0.05) is 25.1 Å². The van der Waals surface area contributed by atoms with Crippen molar-refractivity contribution < 1.29 is 4.79 Å². The Balaban J connectivity index is 0.00000182. The molecule has 146 valence electrons. The van der Waals surface area contributed by atoms with Crippen LogP contribution in [0.2, 0.25) is 0 Å². The molecule has 0 saturated heterocycles. The van der Waals surface area contributed by atoms with Crippen LogP contribution in [-0.2, 0) is 17.8 Å². The van der Waals surface area contributed by atoms with Gasteiger partial charge in [-0.1, -0.05) is 37.3 Å². The Morgan fingerprint density at radius 3 is 2.63 bits per heavy atom. The maximum atomic E-state index is 12.3. The number of H-pyrrole nitrogens is 1. The fraction of sp³-hybridized carbons (Fsp3) is 0.300. The van der Waals surface area contributed by atoms with Crippen LogP contribution in [0.1, 0.15) is 30.3 Å². The summed E-state index contributed by atoms with van der Waals surface area (Å²) in [6.07, 6.45) is 0.990. The largest absolute Gasteiger partial charge is 0.342 e. The summed E-state index contributed by atoms with van der Waals surface area (Å²) in [6, 6.07) is 14.0.